The molecule has 4 rings (SSSR count). The molecule has 1 N–H and O–H groups in total. The van der Waals surface area contributed by atoms with Crippen LogP contribution in [0.25, 0.3) is 22.3 Å². The molecule has 0 aliphatic rings. The Labute approximate surface area is 156 Å². The summed E-state index contributed by atoms with van der Waals surface area (Å²) >= 11 is 3.41. The fourth-order valence-electron chi connectivity index (χ4n) is 2.61. The van der Waals surface area contributed by atoms with Crippen LogP contribution in [0, 0.1) is 11.6 Å². The summed E-state index contributed by atoms with van der Waals surface area (Å²) in [5.74, 6) is -0.735. The molecule has 3 aromatic carbocycles. The van der Waals surface area contributed by atoms with Gasteiger partial charge in [0.25, 0.3) is 0 Å². The first-order valence-electron chi connectivity index (χ1n) is 7.85. The van der Waals surface area contributed by atoms with Gasteiger partial charge in [-0.2, -0.15) is 0 Å². The van der Waals surface area contributed by atoms with Crippen molar-refractivity contribution in [1.82, 2.24) is 9.97 Å². The Morgan fingerprint density at radius 2 is 1.58 bits per heavy atom. The van der Waals surface area contributed by atoms with E-state index < -0.39 is 11.6 Å². The molecule has 0 fully saturated rings. The fourth-order valence-corrected chi connectivity index (χ4v) is 2.87. The number of nitrogens with zero attached hydrogens (tertiary/aromatic N) is 2. The summed E-state index contributed by atoms with van der Waals surface area (Å²) in [5, 5.41) is 3.86. The molecule has 0 saturated carbocycles. The van der Waals surface area contributed by atoms with Gasteiger partial charge < -0.3 is 5.32 Å². The van der Waals surface area contributed by atoms with Crippen molar-refractivity contribution in [2.24, 2.45) is 0 Å². The summed E-state index contributed by atoms with van der Waals surface area (Å²) in [6.45, 7) is 0. The van der Waals surface area contributed by atoms with Crippen molar-refractivity contribution in [3.8, 4) is 11.4 Å². The molecule has 3 nitrogen and oxygen atoms in total. The van der Waals surface area contributed by atoms with Crippen LogP contribution in [0.4, 0.5) is 20.3 Å². The van der Waals surface area contributed by atoms with Crippen LogP contribution in [0.2, 0.25) is 0 Å². The third-order valence-electron chi connectivity index (χ3n) is 3.89. The average molecular weight is 412 g/mol. The molecule has 0 radical (unpaired) electrons. The van der Waals surface area contributed by atoms with Crippen LogP contribution in [0.1, 0.15) is 0 Å². The lowest BCUT2D eigenvalue weighted by molar-refractivity contribution is 0.509. The van der Waals surface area contributed by atoms with Crippen molar-refractivity contribution >= 4 is 38.3 Å². The maximum Gasteiger partial charge on any atom is 0.162 e. The number of anilines is 2. The van der Waals surface area contributed by atoms with Gasteiger partial charge in [0.1, 0.15) is 5.82 Å². The summed E-state index contributed by atoms with van der Waals surface area (Å²) in [6, 6.07) is 18.8. The van der Waals surface area contributed by atoms with Crippen molar-refractivity contribution in [2.45, 2.75) is 0 Å². The van der Waals surface area contributed by atoms with E-state index in [0.29, 0.717) is 17.3 Å². The SMILES string of the molecule is Fc1ccc(Nc2nc(-c3ccc(Br)cc3)nc3ccccc23)cc1F. The molecule has 0 aliphatic carbocycles. The zero-order chi connectivity index (χ0) is 18.1. The second kappa shape index (κ2) is 6.80. The maximum atomic E-state index is 13.5. The number of fused-ring (bicyclic) bond motifs is 1. The topological polar surface area (TPSA) is 37.8 Å². The summed E-state index contributed by atoms with van der Waals surface area (Å²) < 4.78 is 27.7. The van der Waals surface area contributed by atoms with Crippen molar-refractivity contribution in [2.75, 3.05) is 5.32 Å². The highest BCUT2D eigenvalue weighted by atomic mass is 79.9. The van der Waals surface area contributed by atoms with Gasteiger partial charge in [-0.25, -0.2) is 18.7 Å². The lowest BCUT2D eigenvalue weighted by Crippen LogP contribution is -2.00. The number of hydrogen-bond acceptors (Lipinski definition) is 3. The number of para-hydroxylation sites is 1. The first-order valence-corrected chi connectivity index (χ1v) is 8.64. The Morgan fingerprint density at radius 1 is 0.808 bits per heavy atom. The third-order valence-corrected chi connectivity index (χ3v) is 4.42. The van der Waals surface area contributed by atoms with Gasteiger partial charge in [-0.3, -0.25) is 0 Å². The number of hydrogen-bond donors (Lipinski definition) is 1. The minimum Gasteiger partial charge on any atom is -0.340 e. The van der Waals surface area contributed by atoms with Crippen LogP contribution in [-0.4, -0.2) is 9.97 Å². The number of aromatic nitrogens is 2. The zero-order valence-electron chi connectivity index (χ0n) is 13.4. The van der Waals surface area contributed by atoms with Gasteiger partial charge in [-0.05, 0) is 36.4 Å². The molecule has 0 atom stereocenters. The predicted molar refractivity (Wildman–Crippen MR) is 102 cm³/mol. The highest BCUT2D eigenvalue weighted by molar-refractivity contribution is 9.10. The van der Waals surface area contributed by atoms with Gasteiger partial charge in [0.05, 0.1) is 5.52 Å². The molecule has 4 aromatic rings. The van der Waals surface area contributed by atoms with Crippen molar-refractivity contribution in [1.29, 1.82) is 0 Å². The van der Waals surface area contributed by atoms with E-state index in [1.165, 1.54) is 6.07 Å². The normalized spacial score (nSPS) is 10.9. The molecule has 0 amide bonds. The number of rotatable bonds is 3. The fraction of sp³-hybridized carbons (Fsp3) is 0. The first kappa shape index (κ1) is 16.6. The first-order chi connectivity index (χ1) is 12.6. The van der Waals surface area contributed by atoms with E-state index in [1.54, 1.807) is 0 Å². The minimum atomic E-state index is -0.915. The molecular formula is C20H12BrF2N3. The van der Waals surface area contributed by atoms with Crippen LogP contribution in [0.15, 0.2) is 71.2 Å². The summed E-state index contributed by atoms with van der Waals surface area (Å²) in [6.07, 6.45) is 0. The van der Waals surface area contributed by atoms with E-state index in [4.69, 9.17) is 0 Å². The average Bonchev–Trinajstić information content (AvgIpc) is 2.65. The Morgan fingerprint density at radius 3 is 2.35 bits per heavy atom. The van der Waals surface area contributed by atoms with Crippen LogP contribution < -0.4 is 5.32 Å². The largest absolute Gasteiger partial charge is 0.340 e. The zero-order valence-corrected chi connectivity index (χ0v) is 15.0. The van der Waals surface area contributed by atoms with Gasteiger partial charge in [0, 0.05) is 27.2 Å². The Balaban J connectivity index is 1.84. The number of nitrogens with one attached hydrogen (secondary N) is 1. The van der Waals surface area contributed by atoms with E-state index in [1.807, 2.05) is 48.5 Å². The molecule has 0 aliphatic heterocycles. The summed E-state index contributed by atoms with van der Waals surface area (Å²) in [5.41, 5.74) is 2.02. The number of halogens is 3. The Bertz CT molecular complexity index is 1100. The molecule has 1 aromatic heterocycles. The van der Waals surface area contributed by atoms with Crippen LogP contribution in [-0.2, 0) is 0 Å². The molecule has 0 spiro atoms. The van der Waals surface area contributed by atoms with E-state index in [-0.39, 0.29) is 0 Å². The third kappa shape index (κ3) is 3.28. The van der Waals surface area contributed by atoms with Crippen LogP contribution >= 0.6 is 15.9 Å². The van der Waals surface area contributed by atoms with Gasteiger partial charge >= 0.3 is 0 Å². The van der Waals surface area contributed by atoms with Gasteiger partial charge in [0.15, 0.2) is 17.5 Å². The Kier molecular flexibility index (Phi) is 4.34. The second-order valence-electron chi connectivity index (χ2n) is 5.67. The molecule has 1 heterocycles. The molecule has 128 valence electrons. The van der Waals surface area contributed by atoms with Gasteiger partial charge in [-0.1, -0.05) is 40.2 Å². The maximum absolute atomic E-state index is 13.5. The smallest absolute Gasteiger partial charge is 0.162 e. The predicted octanol–water partition coefficient (Wildman–Crippen LogP) is 6.08. The number of benzene rings is 3. The second-order valence-corrected chi connectivity index (χ2v) is 6.59. The standard InChI is InChI=1S/C20H12BrF2N3/c21-13-7-5-12(6-8-13)19-25-18-4-2-1-3-15(18)20(26-19)24-14-9-10-16(22)17(23)11-14/h1-11H,(H,24,25,26). The monoisotopic (exact) mass is 411 g/mol. The van der Waals surface area contributed by atoms with Gasteiger partial charge in [0.2, 0.25) is 0 Å². The minimum absolute atomic E-state index is 0.412. The highest BCUT2D eigenvalue weighted by Crippen LogP contribution is 2.28. The highest BCUT2D eigenvalue weighted by Gasteiger charge is 2.11. The molecule has 0 unspecified atom stereocenters. The molecule has 0 bridgehead atoms. The molecule has 6 heteroatoms. The molecule has 26 heavy (non-hydrogen) atoms. The van der Waals surface area contributed by atoms with E-state index in [0.717, 1.165) is 33.1 Å². The summed E-state index contributed by atoms with van der Waals surface area (Å²) in [7, 11) is 0. The van der Waals surface area contributed by atoms with E-state index >= 15 is 0 Å². The molecule has 0 saturated heterocycles. The quantitative estimate of drug-likeness (QED) is 0.443. The van der Waals surface area contributed by atoms with E-state index in [9.17, 15) is 8.78 Å². The lowest BCUT2D eigenvalue weighted by atomic mass is 10.2. The summed E-state index contributed by atoms with van der Waals surface area (Å²) in [4.78, 5) is 9.20. The van der Waals surface area contributed by atoms with Crippen molar-refractivity contribution in [3.05, 3.63) is 82.8 Å². The molecular weight excluding hydrogens is 400 g/mol. The van der Waals surface area contributed by atoms with E-state index in [2.05, 4.69) is 31.2 Å². The van der Waals surface area contributed by atoms with Crippen molar-refractivity contribution in [3.63, 3.8) is 0 Å². The van der Waals surface area contributed by atoms with Crippen LogP contribution in [0.5, 0.6) is 0 Å². The lowest BCUT2D eigenvalue weighted by Gasteiger charge is -2.11. The Hall–Kier alpha value is -2.86. The van der Waals surface area contributed by atoms with Crippen LogP contribution in [0.3, 0.4) is 0 Å². The van der Waals surface area contributed by atoms with Crippen molar-refractivity contribution < 1.29 is 8.78 Å². The van der Waals surface area contributed by atoms with Gasteiger partial charge in [-0.15, -0.1) is 0 Å².